The van der Waals surface area contributed by atoms with E-state index in [-0.39, 0.29) is 18.9 Å². The van der Waals surface area contributed by atoms with Crippen LogP contribution >= 0.6 is 0 Å². The first-order valence-electron chi connectivity index (χ1n) is 7.88. The molecule has 0 aliphatic rings. The standard InChI is InChI=1S/C19H21N3O3/c1-25-21-13-15-7-9-17(10-8-15)19(24)22(12-11-18(20)23)14-16-5-3-2-4-6-16/h2-10,13H,11-12,14H2,1H3,(H2,20,23)/b21-13+. The third kappa shape index (κ3) is 5.76. The van der Waals surface area contributed by atoms with Gasteiger partial charge in [0.1, 0.15) is 7.11 Å². The molecule has 2 aromatic carbocycles. The molecular formula is C19H21N3O3. The molecule has 0 unspecified atom stereocenters. The third-order valence-electron chi connectivity index (χ3n) is 3.60. The van der Waals surface area contributed by atoms with E-state index in [9.17, 15) is 9.59 Å². The topological polar surface area (TPSA) is 85.0 Å². The molecule has 6 heteroatoms. The molecule has 130 valence electrons. The van der Waals surface area contributed by atoms with E-state index in [1.165, 1.54) is 7.11 Å². The number of nitrogens with two attached hydrogens (primary N) is 1. The maximum absolute atomic E-state index is 12.8. The summed E-state index contributed by atoms with van der Waals surface area (Å²) < 4.78 is 0. The number of nitrogens with zero attached hydrogens (tertiary/aromatic N) is 2. The second-order valence-electron chi connectivity index (χ2n) is 5.47. The zero-order chi connectivity index (χ0) is 18.1. The van der Waals surface area contributed by atoms with Crippen molar-refractivity contribution < 1.29 is 14.4 Å². The van der Waals surface area contributed by atoms with Crippen molar-refractivity contribution in [2.24, 2.45) is 10.9 Å². The lowest BCUT2D eigenvalue weighted by atomic mass is 10.1. The first-order chi connectivity index (χ1) is 12.1. The zero-order valence-corrected chi connectivity index (χ0v) is 14.1. The highest BCUT2D eigenvalue weighted by Gasteiger charge is 2.16. The molecule has 0 radical (unpaired) electrons. The highest BCUT2D eigenvalue weighted by molar-refractivity contribution is 5.95. The number of rotatable bonds is 8. The average molecular weight is 339 g/mol. The lowest BCUT2D eigenvalue weighted by Crippen LogP contribution is -2.33. The van der Waals surface area contributed by atoms with Crippen LogP contribution in [0.15, 0.2) is 59.8 Å². The van der Waals surface area contributed by atoms with Gasteiger partial charge in [-0.2, -0.15) is 0 Å². The number of hydrogen-bond acceptors (Lipinski definition) is 4. The van der Waals surface area contributed by atoms with Crippen LogP contribution in [0.4, 0.5) is 0 Å². The molecule has 2 amide bonds. The maximum Gasteiger partial charge on any atom is 0.254 e. The van der Waals surface area contributed by atoms with Crippen molar-refractivity contribution in [2.75, 3.05) is 13.7 Å². The monoisotopic (exact) mass is 339 g/mol. The fraction of sp³-hybridized carbons (Fsp3) is 0.211. The lowest BCUT2D eigenvalue weighted by molar-refractivity contribution is -0.118. The third-order valence-corrected chi connectivity index (χ3v) is 3.60. The first kappa shape index (κ1) is 18.2. The second-order valence-corrected chi connectivity index (χ2v) is 5.47. The highest BCUT2D eigenvalue weighted by atomic mass is 16.6. The molecule has 0 saturated heterocycles. The van der Waals surface area contributed by atoms with Crippen molar-refractivity contribution in [2.45, 2.75) is 13.0 Å². The zero-order valence-electron chi connectivity index (χ0n) is 14.1. The molecule has 0 bridgehead atoms. The Morgan fingerprint density at radius 2 is 1.80 bits per heavy atom. The van der Waals surface area contributed by atoms with Crippen LogP contribution in [0.25, 0.3) is 0 Å². The Hall–Kier alpha value is -3.15. The van der Waals surface area contributed by atoms with Crippen molar-refractivity contribution in [1.82, 2.24) is 4.90 Å². The molecule has 2 N–H and O–H groups in total. The number of carbonyl (C=O) groups excluding carboxylic acids is 2. The quantitative estimate of drug-likeness (QED) is 0.591. The Balaban J connectivity index is 2.15. The summed E-state index contributed by atoms with van der Waals surface area (Å²) >= 11 is 0. The Bertz CT molecular complexity index is 727. The molecular weight excluding hydrogens is 318 g/mol. The summed E-state index contributed by atoms with van der Waals surface area (Å²) in [5.41, 5.74) is 7.59. The summed E-state index contributed by atoms with van der Waals surface area (Å²) in [6, 6.07) is 16.6. The Kier molecular flexibility index (Phi) is 6.71. The van der Waals surface area contributed by atoms with E-state index in [2.05, 4.69) is 9.99 Å². The molecule has 2 rings (SSSR count). The predicted octanol–water partition coefficient (Wildman–Crippen LogP) is 2.18. The molecule has 0 saturated carbocycles. The number of hydrogen-bond donors (Lipinski definition) is 1. The van der Waals surface area contributed by atoms with Crippen molar-refractivity contribution in [3.05, 3.63) is 71.3 Å². The summed E-state index contributed by atoms with van der Waals surface area (Å²) in [6.07, 6.45) is 1.68. The van der Waals surface area contributed by atoms with Gasteiger partial charge in [-0.3, -0.25) is 9.59 Å². The lowest BCUT2D eigenvalue weighted by Gasteiger charge is -2.22. The van der Waals surface area contributed by atoms with Crippen LogP contribution in [0.1, 0.15) is 27.9 Å². The van der Waals surface area contributed by atoms with Gasteiger partial charge in [0.05, 0.1) is 6.21 Å². The van der Waals surface area contributed by atoms with Gasteiger partial charge in [0.25, 0.3) is 5.91 Å². The minimum atomic E-state index is -0.433. The van der Waals surface area contributed by atoms with Crippen molar-refractivity contribution in [1.29, 1.82) is 0 Å². The van der Waals surface area contributed by atoms with E-state index in [1.54, 1.807) is 35.4 Å². The van der Waals surface area contributed by atoms with E-state index in [0.29, 0.717) is 12.1 Å². The van der Waals surface area contributed by atoms with E-state index in [0.717, 1.165) is 11.1 Å². The average Bonchev–Trinajstić information content (AvgIpc) is 2.64. The predicted molar refractivity (Wildman–Crippen MR) is 96.0 cm³/mol. The molecule has 0 spiro atoms. The van der Waals surface area contributed by atoms with E-state index in [1.807, 2.05) is 30.3 Å². The van der Waals surface area contributed by atoms with Gasteiger partial charge in [-0.15, -0.1) is 0 Å². The van der Waals surface area contributed by atoms with Crippen LogP contribution in [0.5, 0.6) is 0 Å². The number of amides is 2. The highest BCUT2D eigenvalue weighted by Crippen LogP contribution is 2.12. The van der Waals surface area contributed by atoms with Gasteiger partial charge in [0, 0.05) is 25.1 Å². The van der Waals surface area contributed by atoms with Gasteiger partial charge in [-0.25, -0.2) is 0 Å². The van der Waals surface area contributed by atoms with E-state index >= 15 is 0 Å². The largest absolute Gasteiger partial charge is 0.399 e. The summed E-state index contributed by atoms with van der Waals surface area (Å²) in [7, 11) is 1.47. The van der Waals surface area contributed by atoms with Gasteiger partial charge in [-0.1, -0.05) is 47.6 Å². The maximum atomic E-state index is 12.8. The van der Waals surface area contributed by atoms with Crippen LogP contribution in [0.2, 0.25) is 0 Å². The summed E-state index contributed by atoms with van der Waals surface area (Å²) in [6.45, 7) is 0.690. The first-order valence-corrected chi connectivity index (χ1v) is 7.88. The molecule has 25 heavy (non-hydrogen) atoms. The number of carbonyl (C=O) groups is 2. The number of benzene rings is 2. The van der Waals surface area contributed by atoms with Gasteiger partial charge >= 0.3 is 0 Å². The Morgan fingerprint density at radius 1 is 1.12 bits per heavy atom. The van der Waals surface area contributed by atoms with Gasteiger partial charge < -0.3 is 15.5 Å². The van der Waals surface area contributed by atoms with Gasteiger partial charge in [0.2, 0.25) is 5.91 Å². The molecule has 0 aliphatic heterocycles. The molecule has 0 fully saturated rings. The van der Waals surface area contributed by atoms with Crippen molar-refractivity contribution in [3.63, 3.8) is 0 Å². The minimum Gasteiger partial charge on any atom is -0.399 e. The SMILES string of the molecule is CO/N=C/c1ccc(C(=O)N(CCC(N)=O)Cc2ccccc2)cc1. The molecule has 0 aromatic heterocycles. The smallest absolute Gasteiger partial charge is 0.254 e. The summed E-state index contributed by atoms with van der Waals surface area (Å²) in [5, 5.41) is 3.68. The van der Waals surface area contributed by atoms with Crippen LogP contribution in [0, 0.1) is 0 Å². The molecule has 6 nitrogen and oxygen atoms in total. The van der Waals surface area contributed by atoms with E-state index in [4.69, 9.17) is 5.73 Å². The van der Waals surface area contributed by atoms with Crippen LogP contribution < -0.4 is 5.73 Å². The molecule has 0 aliphatic carbocycles. The second kappa shape index (κ2) is 9.22. The van der Waals surface area contributed by atoms with Crippen molar-refractivity contribution >= 4 is 18.0 Å². The minimum absolute atomic E-state index is 0.122. The molecule has 0 atom stereocenters. The normalized spacial score (nSPS) is 10.6. The molecule has 2 aromatic rings. The van der Waals surface area contributed by atoms with Crippen LogP contribution in [-0.2, 0) is 16.2 Å². The number of primary amides is 1. The number of oxime groups is 1. The molecule has 0 heterocycles. The summed E-state index contributed by atoms with van der Waals surface area (Å²) in [4.78, 5) is 30.2. The van der Waals surface area contributed by atoms with E-state index < -0.39 is 5.91 Å². The Labute approximate surface area is 146 Å². The summed E-state index contributed by atoms with van der Waals surface area (Å²) in [5.74, 6) is -0.586. The Morgan fingerprint density at radius 3 is 2.40 bits per heavy atom. The van der Waals surface area contributed by atoms with Crippen LogP contribution in [0.3, 0.4) is 0 Å². The fourth-order valence-corrected chi connectivity index (χ4v) is 2.31. The van der Waals surface area contributed by atoms with Crippen molar-refractivity contribution in [3.8, 4) is 0 Å². The van der Waals surface area contributed by atoms with Gasteiger partial charge in [0.15, 0.2) is 0 Å². The fourth-order valence-electron chi connectivity index (χ4n) is 2.31. The van der Waals surface area contributed by atoms with Crippen LogP contribution in [-0.4, -0.2) is 36.6 Å². The van der Waals surface area contributed by atoms with Gasteiger partial charge in [-0.05, 0) is 23.3 Å².